The van der Waals surface area contributed by atoms with Gasteiger partial charge in [-0.05, 0) is 54.0 Å². The van der Waals surface area contributed by atoms with E-state index in [1.54, 1.807) is 12.0 Å². The topological polar surface area (TPSA) is 82.6 Å². The van der Waals surface area contributed by atoms with Gasteiger partial charge in [0.05, 0.1) is 7.11 Å². The Balaban J connectivity index is 1.49. The molecule has 0 radical (unpaired) electrons. The third kappa shape index (κ3) is 3.97. The minimum atomic E-state index is -0.826. The number of carbonyl (C=O) groups is 1. The smallest absolute Gasteiger partial charge is 0.407 e. The van der Waals surface area contributed by atoms with Crippen LogP contribution in [0.15, 0.2) is 52.6 Å². The van der Waals surface area contributed by atoms with Crippen molar-refractivity contribution in [1.82, 2.24) is 9.88 Å². The number of nitrogens with zero attached hydrogens (tertiary/aromatic N) is 1. The molecule has 2 N–H and O–H groups in total. The Labute approximate surface area is 195 Å². The maximum atomic E-state index is 12.4. The molecule has 4 aromatic rings. The molecule has 0 unspecified atom stereocenters. The summed E-state index contributed by atoms with van der Waals surface area (Å²) >= 11 is 1.43. The van der Waals surface area contributed by atoms with Gasteiger partial charge in [0.25, 0.3) is 5.56 Å². The number of carboxylic acid groups (broad SMARTS) is 1. The number of aromatic nitrogens is 1. The van der Waals surface area contributed by atoms with Gasteiger partial charge in [-0.2, -0.15) is 0 Å². The average Bonchev–Trinajstić information content (AvgIpc) is 3.52. The van der Waals surface area contributed by atoms with Crippen LogP contribution >= 0.6 is 11.3 Å². The lowest BCUT2D eigenvalue weighted by Crippen LogP contribution is -2.39. The van der Waals surface area contributed by atoms with E-state index in [9.17, 15) is 14.7 Å². The molecule has 1 saturated carbocycles. The Kier molecular flexibility index (Phi) is 5.81. The second-order valence-corrected chi connectivity index (χ2v) is 9.46. The van der Waals surface area contributed by atoms with Crippen molar-refractivity contribution >= 4 is 38.4 Å². The lowest BCUT2D eigenvalue weighted by Gasteiger charge is -2.26. The molecule has 33 heavy (non-hydrogen) atoms. The first-order valence-corrected chi connectivity index (χ1v) is 12.1. The van der Waals surface area contributed by atoms with E-state index in [0.29, 0.717) is 17.7 Å². The van der Waals surface area contributed by atoms with Gasteiger partial charge >= 0.3 is 6.09 Å². The lowest BCUT2D eigenvalue weighted by molar-refractivity contribution is 0.126. The van der Waals surface area contributed by atoms with E-state index in [1.807, 2.05) is 23.6 Å². The highest BCUT2D eigenvalue weighted by Crippen LogP contribution is 2.40. The number of rotatable bonds is 6. The number of methoxy groups -OCH3 is 1. The molecule has 1 amide bonds. The van der Waals surface area contributed by atoms with Gasteiger partial charge in [0, 0.05) is 34.4 Å². The van der Waals surface area contributed by atoms with Crippen molar-refractivity contribution in [2.75, 3.05) is 13.7 Å². The lowest BCUT2D eigenvalue weighted by atomic mass is 9.96. The highest BCUT2D eigenvalue weighted by atomic mass is 32.1. The highest BCUT2D eigenvalue weighted by molar-refractivity contribution is 7.17. The molecule has 2 aromatic carbocycles. The molecule has 0 saturated heterocycles. The van der Waals surface area contributed by atoms with Crippen LogP contribution in [-0.4, -0.2) is 40.8 Å². The Morgan fingerprint density at radius 3 is 2.61 bits per heavy atom. The summed E-state index contributed by atoms with van der Waals surface area (Å²) in [5.74, 6) is 0.744. The third-order valence-corrected chi connectivity index (χ3v) is 7.58. The van der Waals surface area contributed by atoms with Crippen molar-refractivity contribution in [3.63, 3.8) is 0 Å². The van der Waals surface area contributed by atoms with Crippen molar-refractivity contribution in [1.29, 1.82) is 0 Å². The summed E-state index contributed by atoms with van der Waals surface area (Å²) in [5.41, 5.74) is 3.73. The van der Waals surface area contributed by atoms with Crippen LogP contribution in [0.3, 0.4) is 0 Å². The largest absolute Gasteiger partial charge is 0.496 e. The number of hydrogen-bond donors (Lipinski definition) is 2. The molecule has 6 nitrogen and oxygen atoms in total. The van der Waals surface area contributed by atoms with E-state index in [4.69, 9.17) is 4.74 Å². The number of pyridine rings is 1. The van der Waals surface area contributed by atoms with Crippen LogP contribution in [-0.2, 0) is 6.42 Å². The van der Waals surface area contributed by atoms with E-state index < -0.39 is 6.09 Å². The van der Waals surface area contributed by atoms with Crippen molar-refractivity contribution in [2.24, 2.45) is 0 Å². The van der Waals surface area contributed by atoms with Gasteiger partial charge in [-0.15, -0.1) is 11.3 Å². The number of thiophene rings is 1. The van der Waals surface area contributed by atoms with Crippen LogP contribution in [0.1, 0.15) is 31.2 Å². The van der Waals surface area contributed by atoms with Crippen LogP contribution in [0.4, 0.5) is 4.79 Å². The zero-order valence-corrected chi connectivity index (χ0v) is 19.3. The van der Waals surface area contributed by atoms with Crippen LogP contribution in [0.5, 0.6) is 5.75 Å². The SMILES string of the molecule is COc1ccc2[nH]c(=O)c3sccc3c2c1-c1ccc(CCN(C(=O)O)C2CCCC2)cc1. The van der Waals surface area contributed by atoms with Crippen molar-refractivity contribution in [3.8, 4) is 16.9 Å². The third-order valence-electron chi connectivity index (χ3n) is 6.67. The summed E-state index contributed by atoms with van der Waals surface area (Å²) in [6.07, 6.45) is 4.00. The Hall–Kier alpha value is -3.32. The van der Waals surface area contributed by atoms with Crippen molar-refractivity contribution < 1.29 is 14.6 Å². The minimum Gasteiger partial charge on any atom is -0.496 e. The normalized spacial score (nSPS) is 14.2. The van der Waals surface area contributed by atoms with Crippen molar-refractivity contribution in [3.05, 3.63) is 63.8 Å². The molecule has 1 fully saturated rings. The molecule has 2 aromatic heterocycles. The number of nitrogens with one attached hydrogen (secondary N) is 1. The predicted octanol–water partition coefficient (Wildman–Crippen LogP) is 5.88. The average molecular weight is 463 g/mol. The zero-order valence-electron chi connectivity index (χ0n) is 18.5. The first-order valence-electron chi connectivity index (χ1n) is 11.3. The number of aromatic amines is 1. The van der Waals surface area contributed by atoms with E-state index in [2.05, 4.69) is 29.2 Å². The quantitative estimate of drug-likeness (QED) is 0.375. The molecule has 0 atom stereocenters. The van der Waals surface area contributed by atoms with E-state index in [0.717, 1.165) is 64.4 Å². The summed E-state index contributed by atoms with van der Waals surface area (Å²) < 4.78 is 6.40. The molecule has 1 aliphatic carbocycles. The van der Waals surface area contributed by atoms with Gasteiger partial charge in [0.1, 0.15) is 10.4 Å². The van der Waals surface area contributed by atoms with E-state index in [1.165, 1.54) is 11.3 Å². The van der Waals surface area contributed by atoms with E-state index >= 15 is 0 Å². The predicted molar refractivity (Wildman–Crippen MR) is 133 cm³/mol. The second kappa shape index (κ2) is 8.90. The number of benzene rings is 2. The molecule has 7 heteroatoms. The van der Waals surface area contributed by atoms with Gasteiger partial charge in [-0.1, -0.05) is 37.1 Å². The molecule has 0 bridgehead atoms. The summed E-state index contributed by atoms with van der Waals surface area (Å²) in [6.45, 7) is 0.508. The first-order chi connectivity index (χ1) is 16.1. The standard InChI is InChI=1S/C26H26N2O4S/c1-32-21-11-10-20-23(19-13-15-33-24(19)25(29)27-20)22(21)17-8-6-16(7-9-17)12-14-28(26(30)31)18-4-2-3-5-18/h6-11,13,15,18H,2-5,12,14H2,1H3,(H,27,29)(H,30,31). The summed E-state index contributed by atoms with van der Waals surface area (Å²) in [6, 6.07) is 14.1. The van der Waals surface area contributed by atoms with Gasteiger partial charge < -0.3 is 19.7 Å². The summed E-state index contributed by atoms with van der Waals surface area (Å²) in [7, 11) is 1.65. The van der Waals surface area contributed by atoms with E-state index in [-0.39, 0.29) is 11.6 Å². The number of hydrogen-bond acceptors (Lipinski definition) is 4. The molecular formula is C26H26N2O4S. The molecular weight excluding hydrogens is 436 g/mol. The van der Waals surface area contributed by atoms with Gasteiger partial charge in [-0.3, -0.25) is 4.79 Å². The van der Waals surface area contributed by atoms with Crippen LogP contribution < -0.4 is 10.3 Å². The van der Waals surface area contributed by atoms with Gasteiger partial charge in [-0.25, -0.2) is 4.79 Å². The first kappa shape index (κ1) is 21.5. The zero-order chi connectivity index (χ0) is 22.9. The number of H-pyrrole nitrogens is 1. The monoisotopic (exact) mass is 462 g/mol. The molecule has 1 aliphatic rings. The molecule has 2 heterocycles. The fraction of sp³-hybridized carbons (Fsp3) is 0.308. The molecule has 0 aliphatic heterocycles. The molecule has 0 spiro atoms. The van der Waals surface area contributed by atoms with Crippen LogP contribution in [0.25, 0.3) is 32.1 Å². The molecule has 170 valence electrons. The summed E-state index contributed by atoms with van der Waals surface area (Å²) in [5, 5.41) is 13.5. The second-order valence-electron chi connectivity index (χ2n) is 8.54. The Morgan fingerprint density at radius 1 is 1.15 bits per heavy atom. The Morgan fingerprint density at radius 2 is 1.91 bits per heavy atom. The minimum absolute atomic E-state index is 0.0794. The summed E-state index contributed by atoms with van der Waals surface area (Å²) in [4.78, 5) is 28.8. The number of fused-ring (bicyclic) bond motifs is 3. The van der Waals surface area contributed by atoms with Gasteiger partial charge in [0.2, 0.25) is 0 Å². The molecule has 5 rings (SSSR count). The maximum Gasteiger partial charge on any atom is 0.407 e. The fourth-order valence-electron chi connectivity index (χ4n) is 5.02. The van der Waals surface area contributed by atoms with Crippen LogP contribution in [0.2, 0.25) is 0 Å². The number of ether oxygens (including phenoxy) is 1. The fourth-order valence-corrected chi connectivity index (χ4v) is 5.82. The Bertz CT molecular complexity index is 1370. The van der Waals surface area contributed by atoms with Crippen molar-refractivity contribution in [2.45, 2.75) is 38.1 Å². The van der Waals surface area contributed by atoms with Crippen LogP contribution in [0, 0.1) is 0 Å². The number of amides is 1. The highest BCUT2D eigenvalue weighted by Gasteiger charge is 2.26. The van der Waals surface area contributed by atoms with Gasteiger partial charge in [0.15, 0.2) is 0 Å². The maximum absolute atomic E-state index is 12.4.